The highest BCUT2D eigenvalue weighted by Gasteiger charge is 2.15. The number of carbonyl (C=O) groups excluding carboxylic acids is 2. The molecule has 3 rings (SSSR count). The van der Waals surface area contributed by atoms with Gasteiger partial charge in [-0.1, -0.05) is 30.3 Å². The Morgan fingerprint density at radius 3 is 2.27 bits per heavy atom. The third kappa shape index (κ3) is 4.15. The predicted octanol–water partition coefficient (Wildman–Crippen LogP) is 4.66. The number of aryl methyl sites for hydroxylation is 1. The van der Waals surface area contributed by atoms with Crippen molar-refractivity contribution in [3.63, 3.8) is 0 Å². The molecule has 26 heavy (non-hydrogen) atoms. The van der Waals surface area contributed by atoms with E-state index in [2.05, 4.69) is 31.5 Å². The SMILES string of the molecule is Cc1ccccc1NC(=O)c1ccccc1NC(=O)c1cncc(Br)c1. The van der Waals surface area contributed by atoms with Gasteiger partial charge in [0.15, 0.2) is 0 Å². The lowest BCUT2D eigenvalue weighted by Crippen LogP contribution is -2.18. The summed E-state index contributed by atoms with van der Waals surface area (Å²) < 4.78 is 0.704. The van der Waals surface area contributed by atoms with Crippen molar-refractivity contribution in [3.05, 3.63) is 88.2 Å². The lowest BCUT2D eigenvalue weighted by molar-refractivity contribution is 0.102. The van der Waals surface area contributed by atoms with Crippen LogP contribution in [0.1, 0.15) is 26.3 Å². The van der Waals surface area contributed by atoms with Crippen molar-refractivity contribution < 1.29 is 9.59 Å². The number of para-hydroxylation sites is 2. The number of halogens is 1. The zero-order chi connectivity index (χ0) is 18.5. The monoisotopic (exact) mass is 409 g/mol. The molecule has 0 saturated heterocycles. The minimum Gasteiger partial charge on any atom is -0.322 e. The highest BCUT2D eigenvalue weighted by molar-refractivity contribution is 9.10. The molecule has 5 nitrogen and oxygen atoms in total. The fraction of sp³-hybridized carbons (Fsp3) is 0.0500. The summed E-state index contributed by atoms with van der Waals surface area (Å²) in [5.74, 6) is -0.627. The van der Waals surface area contributed by atoms with E-state index in [9.17, 15) is 9.59 Å². The molecule has 2 aromatic carbocycles. The van der Waals surface area contributed by atoms with Gasteiger partial charge >= 0.3 is 0 Å². The first kappa shape index (κ1) is 17.8. The first-order chi connectivity index (χ1) is 12.5. The zero-order valence-electron chi connectivity index (χ0n) is 14.0. The number of amides is 2. The van der Waals surface area contributed by atoms with Crippen LogP contribution >= 0.6 is 15.9 Å². The summed E-state index contributed by atoms with van der Waals surface area (Å²) >= 11 is 3.29. The Balaban J connectivity index is 1.83. The van der Waals surface area contributed by atoms with Crippen LogP contribution in [0.4, 0.5) is 11.4 Å². The number of anilines is 2. The number of hydrogen-bond donors (Lipinski definition) is 2. The number of pyridine rings is 1. The molecular weight excluding hydrogens is 394 g/mol. The Bertz CT molecular complexity index is 973. The van der Waals surface area contributed by atoms with Crippen LogP contribution in [0.2, 0.25) is 0 Å². The minimum atomic E-state index is -0.338. The van der Waals surface area contributed by atoms with Gasteiger partial charge in [0.05, 0.1) is 16.8 Å². The molecule has 0 fully saturated rings. The Hall–Kier alpha value is -2.99. The van der Waals surface area contributed by atoms with E-state index in [1.807, 2.05) is 31.2 Å². The molecule has 0 aliphatic heterocycles. The number of rotatable bonds is 4. The van der Waals surface area contributed by atoms with Crippen LogP contribution in [0, 0.1) is 6.92 Å². The molecule has 2 N–H and O–H groups in total. The Kier molecular flexibility index (Phi) is 5.43. The van der Waals surface area contributed by atoms with Crippen molar-refractivity contribution in [3.8, 4) is 0 Å². The van der Waals surface area contributed by atoms with E-state index in [-0.39, 0.29) is 11.8 Å². The van der Waals surface area contributed by atoms with Gasteiger partial charge in [0.25, 0.3) is 11.8 Å². The third-order valence-corrected chi connectivity index (χ3v) is 4.21. The molecule has 0 aliphatic rings. The largest absolute Gasteiger partial charge is 0.322 e. The first-order valence-electron chi connectivity index (χ1n) is 7.92. The summed E-state index contributed by atoms with van der Waals surface area (Å²) in [5, 5.41) is 5.65. The van der Waals surface area contributed by atoms with Crippen molar-refractivity contribution in [1.29, 1.82) is 0 Å². The molecule has 0 bridgehead atoms. The maximum atomic E-state index is 12.7. The summed E-state index contributed by atoms with van der Waals surface area (Å²) in [6.45, 7) is 1.92. The molecule has 0 aliphatic carbocycles. The summed E-state index contributed by atoms with van der Waals surface area (Å²) in [4.78, 5) is 29.1. The van der Waals surface area contributed by atoms with E-state index in [1.165, 1.54) is 6.20 Å². The molecule has 3 aromatic rings. The van der Waals surface area contributed by atoms with Crippen molar-refractivity contribution in [2.24, 2.45) is 0 Å². The van der Waals surface area contributed by atoms with Crippen LogP contribution in [0.3, 0.4) is 0 Å². The van der Waals surface area contributed by atoms with E-state index in [1.54, 1.807) is 36.5 Å². The fourth-order valence-electron chi connectivity index (χ4n) is 2.42. The van der Waals surface area contributed by atoms with Gasteiger partial charge in [0, 0.05) is 22.6 Å². The van der Waals surface area contributed by atoms with Crippen molar-refractivity contribution in [2.45, 2.75) is 6.92 Å². The Morgan fingerprint density at radius 2 is 1.54 bits per heavy atom. The number of nitrogens with one attached hydrogen (secondary N) is 2. The van der Waals surface area contributed by atoms with Crippen LogP contribution in [0.25, 0.3) is 0 Å². The molecular formula is C20H16BrN3O2. The van der Waals surface area contributed by atoms with Gasteiger partial charge in [-0.05, 0) is 52.7 Å². The summed E-state index contributed by atoms with van der Waals surface area (Å²) in [6.07, 6.45) is 3.07. The number of carbonyl (C=O) groups is 2. The van der Waals surface area contributed by atoms with Crippen molar-refractivity contribution in [1.82, 2.24) is 4.98 Å². The number of nitrogens with zero attached hydrogens (tertiary/aromatic N) is 1. The first-order valence-corrected chi connectivity index (χ1v) is 8.72. The van der Waals surface area contributed by atoms with Gasteiger partial charge in [-0.25, -0.2) is 0 Å². The molecule has 0 spiro atoms. The molecule has 0 radical (unpaired) electrons. The normalized spacial score (nSPS) is 10.2. The second-order valence-corrected chi connectivity index (χ2v) is 6.58. The van der Waals surface area contributed by atoms with E-state index < -0.39 is 0 Å². The van der Waals surface area contributed by atoms with Crippen LogP contribution in [0.5, 0.6) is 0 Å². The standard InChI is InChI=1S/C20H16BrN3O2/c1-13-6-2-4-8-17(13)23-20(26)16-7-3-5-9-18(16)24-19(25)14-10-15(21)12-22-11-14/h2-12H,1H3,(H,23,26)(H,24,25). The van der Waals surface area contributed by atoms with Gasteiger partial charge in [0.1, 0.15) is 0 Å². The molecule has 6 heteroatoms. The molecule has 1 aromatic heterocycles. The average molecular weight is 410 g/mol. The highest BCUT2D eigenvalue weighted by atomic mass is 79.9. The lowest BCUT2D eigenvalue weighted by Gasteiger charge is -2.12. The third-order valence-electron chi connectivity index (χ3n) is 3.78. The predicted molar refractivity (Wildman–Crippen MR) is 105 cm³/mol. The van der Waals surface area contributed by atoms with Gasteiger partial charge in [-0.15, -0.1) is 0 Å². The van der Waals surface area contributed by atoms with Crippen molar-refractivity contribution >= 4 is 39.1 Å². The lowest BCUT2D eigenvalue weighted by atomic mass is 10.1. The molecule has 2 amide bonds. The minimum absolute atomic E-state index is 0.289. The van der Waals surface area contributed by atoms with Crippen LogP contribution in [-0.4, -0.2) is 16.8 Å². The Morgan fingerprint density at radius 1 is 0.885 bits per heavy atom. The van der Waals surface area contributed by atoms with Crippen molar-refractivity contribution in [2.75, 3.05) is 10.6 Å². The van der Waals surface area contributed by atoms with E-state index >= 15 is 0 Å². The summed E-state index contributed by atoms with van der Waals surface area (Å²) in [6, 6.07) is 16.1. The molecule has 0 unspecified atom stereocenters. The maximum absolute atomic E-state index is 12.7. The van der Waals surface area contributed by atoms with Gasteiger partial charge in [-0.2, -0.15) is 0 Å². The van der Waals surface area contributed by atoms with Gasteiger partial charge in [-0.3, -0.25) is 14.6 Å². The van der Waals surface area contributed by atoms with E-state index in [4.69, 9.17) is 0 Å². The maximum Gasteiger partial charge on any atom is 0.257 e. The zero-order valence-corrected chi connectivity index (χ0v) is 15.6. The fourth-order valence-corrected chi connectivity index (χ4v) is 2.79. The topological polar surface area (TPSA) is 71.1 Å². The van der Waals surface area contributed by atoms with Gasteiger partial charge in [0.2, 0.25) is 0 Å². The van der Waals surface area contributed by atoms with E-state index in [0.717, 1.165) is 11.3 Å². The quantitative estimate of drug-likeness (QED) is 0.658. The van der Waals surface area contributed by atoms with Gasteiger partial charge < -0.3 is 10.6 Å². The summed E-state index contributed by atoms with van der Waals surface area (Å²) in [7, 11) is 0. The second-order valence-electron chi connectivity index (χ2n) is 5.66. The molecule has 1 heterocycles. The van der Waals surface area contributed by atoms with E-state index in [0.29, 0.717) is 21.3 Å². The number of hydrogen-bond acceptors (Lipinski definition) is 3. The van der Waals surface area contributed by atoms with Crippen LogP contribution in [0.15, 0.2) is 71.5 Å². The molecule has 0 atom stereocenters. The number of aromatic nitrogens is 1. The van der Waals surface area contributed by atoms with Crippen LogP contribution < -0.4 is 10.6 Å². The Labute approximate surface area is 159 Å². The highest BCUT2D eigenvalue weighted by Crippen LogP contribution is 2.20. The summed E-state index contributed by atoms with van der Waals surface area (Å²) in [5.41, 5.74) is 2.90. The smallest absolute Gasteiger partial charge is 0.257 e. The number of benzene rings is 2. The molecule has 0 saturated carbocycles. The second kappa shape index (κ2) is 7.93. The van der Waals surface area contributed by atoms with Crippen LogP contribution in [-0.2, 0) is 0 Å². The average Bonchev–Trinajstić information content (AvgIpc) is 2.64. The molecule has 130 valence electrons.